The molecular weight excluding hydrogens is 504 g/mol. The van der Waals surface area contributed by atoms with Crippen molar-refractivity contribution >= 4 is 17.7 Å². The SMILES string of the molecule is CO[C@H]1C[C@H]2OC[C@@]2(OC(C)=O)[C@H]2[C@H](OC(=O)c3ccccc3)[C@]3(O)C[C@H](O)C(C)=C(CC(=O)[C@]12C)C3(C)C. The number of hydrogen-bond acceptors (Lipinski definition) is 9. The minimum absolute atomic E-state index is 0.0264. The standard InChI is InChI=1S/C30H38O9/c1-16-19-12-21(33)28(5)22(36-6)13-23-29(15-37-23,39-17(2)31)24(28)25(30(35,14-20(16)32)27(19,3)4)38-26(34)18-10-8-7-9-11-18/h7-11,20,22-25,32,35H,12-15H2,1-6H3/t20-,22-,23+,24-,25-,28+,29-,30+/m0/s1. The summed E-state index contributed by atoms with van der Waals surface area (Å²) >= 11 is 0. The second-order valence-electron chi connectivity index (χ2n) is 12.3. The summed E-state index contributed by atoms with van der Waals surface area (Å²) in [6, 6.07) is 8.38. The molecule has 0 amide bonds. The molecule has 1 aliphatic heterocycles. The second kappa shape index (κ2) is 9.23. The van der Waals surface area contributed by atoms with Gasteiger partial charge in [0.25, 0.3) is 0 Å². The number of benzene rings is 1. The maximum absolute atomic E-state index is 14.4. The Morgan fingerprint density at radius 1 is 1.13 bits per heavy atom. The molecule has 0 spiro atoms. The van der Waals surface area contributed by atoms with Gasteiger partial charge in [0.05, 0.1) is 35.7 Å². The lowest BCUT2D eigenvalue weighted by atomic mass is 9.45. The first kappa shape index (κ1) is 28.0. The monoisotopic (exact) mass is 542 g/mol. The number of carbonyl (C=O) groups excluding carboxylic acids is 3. The van der Waals surface area contributed by atoms with E-state index in [1.165, 1.54) is 14.0 Å². The van der Waals surface area contributed by atoms with E-state index >= 15 is 0 Å². The number of ketones is 1. The lowest BCUT2D eigenvalue weighted by molar-refractivity contribution is -0.346. The molecule has 3 fully saturated rings. The van der Waals surface area contributed by atoms with Crippen molar-refractivity contribution in [3.63, 3.8) is 0 Å². The summed E-state index contributed by atoms with van der Waals surface area (Å²) < 4.78 is 24.1. The molecule has 2 N–H and O–H groups in total. The molecule has 0 radical (unpaired) electrons. The smallest absolute Gasteiger partial charge is 0.338 e. The Kier molecular flexibility index (Phi) is 6.61. The summed E-state index contributed by atoms with van der Waals surface area (Å²) in [6.45, 7) is 8.39. The number of aliphatic hydroxyl groups is 2. The third kappa shape index (κ3) is 3.77. The van der Waals surface area contributed by atoms with Gasteiger partial charge < -0.3 is 29.2 Å². The van der Waals surface area contributed by atoms with E-state index in [1.54, 1.807) is 58.0 Å². The maximum atomic E-state index is 14.4. The van der Waals surface area contributed by atoms with Gasteiger partial charge in [-0.1, -0.05) is 37.6 Å². The van der Waals surface area contributed by atoms with Crippen molar-refractivity contribution in [2.45, 2.75) is 89.5 Å². The molecule has 3 aliphatic carbocycles. The van der Waals surface area contributed by atoms with E-state index in [0.29, 0.717) is 11.1 Å². The lowest BCUT2D eigenvalue weighted by Crippen LogP contribution is -2.81. The highest BCUT2D eigenvalue weighted by molar-refractivity contribution is 5.91. The molecule has 212 valence electrons. The van der Waals surface area contributed by atoms with Crippen LogP contribution in [0.5, 0.6) is 0 Å². The predicted octanol–water partition coefficient (Wildman–Crippen LogP) is 2.77. The number of aliphatic hydroxyl groups excluding tert-OH is 1. The molecule has 0 aromatic heterocycles. The van der Waals surface area contributed by atoms with E-state index in [1.807, 2.05) is 0 Å². The Bertz CT molecular complexity index is 1220. The van der Waals surface area contributed by atoms with Crippen LogP contribution in [0.25, 0.3) is 0 Å². The highest BCUT2D eigenvalue weighted by Crippen LogP contribution is 2.64. The van der Waals surface area contributed by atoms with Gasteiger partial charge >= 0.3 is 11.9 Å². The van der Waals surface area contributed by atoms with Crippen LogP contribution in [0.3, 0.4) is 0 Å². The summed E-state index contributed by atoms with van der Waals surface area (Å²) in [5, 5.41) is 23.9. The number of hydrogen-bond donors (Lipinski definition) is 2. The summed E-state index contributed by atoms with van der Waals surface area (Å²) in [5.41, 5.74) is -4.09. The van der Waals surface area contributed by atoms with E-state index in [2.05, 4.69) is 0 Å². The van der Waals surface area contributed by atoms with E-state index in [0.717, 1.165) is 0 Å². The fourth-order valence-electron chi connectivity index (χ4n) is 7.80. The third-order valence-electron chi connectivity index (χ3n) is 10.2. The lowest BCUT2D eigenvalue weighted by Gasteiger charge is -2.67. The van der Waals surface area contributed by atoms with E-state index in [4.69, 9.17) is 18.9 Å². The average Bonchev–Trinajstić information content (AvgIpc) is 2.87. The molecule has 9 heteroatoms. The number of methoxy groups -OCH3 is 1. The molecule has 5 rings (SSSR count). The van der Waals surface area contributed by atoms with Crippen LogP contribution in [0.2, 0.25) is 0 Å². The second-order valence-corrected chi connectivity index (χ2v) is 12.3. The van der Waals surface area contributed by atoms with Gasteiger partial charge in [-0.05, 0) is 31.6 Å². The van der Waals surface area contributed by atoms with Crippen LogP contribution in [-0.4, -0.2) is 77.3 Å². The number of rotatable bonds is 4. The van der Waals surface area contributed by atoms with Gasteiger partial charge in [0.2, 0.25) is 0 Å². The molecule has 0 unspecified atom stereocenters. The summed E-state index contributed by atoms with van der Waals surface area (Å²) in [7, 11) is 1.51. The van der Waals surface area contributed by atoms with Crippen molar-refractivity contribution < 1.29 is 43.5 Å². The van der Waals surface area contributed by atoms with Crippen molar-refractivity contribution in [2.24, 2.45) is 16.7 Å². The number of ether oxygens (including phenoxy) is 4. The largest absolute Gasteiger partial charge is 0.455 e. The zero-order valence-corrected chi connectivity index (χ0v) is 23.4. The van der Waals surface area contributed by atoms with Crippen LogP contribution in [0.15, 0.2) is 41.5 Å². The highest BCUT2D eigenvalue weighted by atomic mass is 16.6. The van der Waals surface area contributed by atoms with Gasteiger partial charge in [0.15, 0.2) is 5.60 Å². The van der Waals surface area contributed by atoms with Gasteiger partial charge in [0, 0.05) is 38.7 Å². The molecule has 1 aromatic rings. The van der Waals surface area contributed by atoms with Crippen molar-refractivity contribution in [1.82, 2.24) is 0 Å². The third-order valence-corrected chi connectivity index (χ3v) is 10.2. The Labute approximate surface area is 228 Å². The molecule has 8 atom stereocenters. The quantitative estimate of drug-likeness (QED) is 0.436. The van der Waals surface area contributed by atoms with Crippen molar-refractivity contribution in [1.29, 1.82) is 0 Å². The fourth-order valence-corrected chi connectivity index (χ4v) is 7.80. The van der Waals surface area contributed by atoms with Crippen LogP contribution in [0.4, 0.5) is 0 Å². The summed E-state index contributed by atoms with van der Waals surface area (Å²) in [6.07, 6.45) is -3.62. The number of esters is 2. The normalized spacial score (nSPS) is 40.8. The first-order valence-electron chi connectivity index (χ1n) is 13.5. The van der Waals surface area contributed by atoms with Gasteiger partial charge in [0.1, 0.15) is 23.6 Å². The van der Waals surface area contributed by atoms with Crippen LogP contribution in [0.1, 0.15) is 64.2 Å². The minimum Gasteiger partial charge on any atom is -0.455 e. The zero-order valence-electron chi connectivity index (χ0n) is 23.4. The van der Waals surface area contributed by atoms with Crippen LogP contribution >= 0.6 is 0 Å². The van der Waals surface area contributed by atoms with Crippen molar-refractivity contribution in [2.75, 3.05) is 13.7 Å². The summed E-state index contributed by atoms with van der Waals surface area (Å²) in [5.74, 6) is -2.49. The topological polar surface area (TPSA) is 129 Å². The predicted molar refractivity (Wildman–Crippen MR) is 139 cm³/mol. The number of carbonyl (C=O) groups is 3. The Morgan fingerprint density at radius 2 is 1.79 bits per heavy atom. The molecular formula is C30H38O9. The Balaban J connectivity index is 1.80. The van der Waals surface area contributed by atoms with E-state index < -0.39 is 64.3 Å². The van der Waals surface area contributed by atoms with Gasteiger partial charge in [-0.3, -0.25) is 9.59 Å². The molecule has 1 saturated heterocycles. The molecule has 9 nitrogen and oxygen atoms in total. The van der Waals surface area contributed by atoms with Crippen LogP contribution in [0, 0.1) is 16.7 Å². The first-order valence-corrected chi connectivity index (χ1v) is 13.5. The van der Waals surface area contributed by atoms with Gasteiger partial charge in [-0.15, -0.1) is 0 Å². The number of Topliss-reactive ketones (excluding diaryl/α,β-unsaturated/α-hetero) is 1. The molecule has 4 aliphatic rings. The summed E-state index contributed by atoms with van der Waals surface area (Å²) in [4.78, 5) is 40.6. The number of fused-ring (bicyclic) bond motifs is 5. The fraction of sp³-hybridized carbons (Fsp3) is 0.633. The molecule has 2 bridgehead atoms. The molecule has 1 aromatic carbocycles. The Morgan fingerprint density at radius 3 is 2.36 bits per heavy atom. The minimum atomic E-state index is -1.83. The van der Waals surface area contributed by atoms with Crippen LogP contribution < -0.4 is 0 Å². The molecule has 39 heavy (non-hydrogen) atoms. The maximum Gasteiger partial charge on any atom is 0.338 e. The van der Waals surface area contributed by atoms with Crippen molar-refractivity contribution in [3.8, 4) is 0 Å². The van der Waals surface area contributed by atoms with Crippen LogP contribution in [-0.2, 0) is 28.5 Å². The Hall–Kier alpha value is -2.59. The molecule has 2 saturated carbocycles. The van der Waals surface area contributed by atoms with Gasteiger partial charge in [-0.2, -0.15) is 0 Å². The van der Waals surface area contributed by atoms with E-state index in [9.17, 15) is 24.6 Å². The zero-order chi connectivity index (χ0) is 28.5. The van der Waals surface area contributed by atoms with E-state index in [-0.39, 0.29) is 37.2 Å². The van der Waals surface area contributed by atoms with Gasteiger partial charge in [-0.25, -0.2) is 4.79 Å². The highest BCUT2D eigenvalue weighted by Gasteiger charge is 2.77. The molecule has 1 heterocycles. The average molecular weight is 543 g/mol. The van der Waals surface area contributed by atoms with Crippen molar-refractivity contribution in [3.05, 3.63) is 47.0 Å². The first-order chi connectivity index (χ1) is 18.2.